The van der Waals surface area contributed by atoms with Crippen LogP contribution in [0.4, 0.5) is 17.6 Å². The van der Waals surface area contributed by atoms with Gasteiger partial charge in [0.05, 0.1) is 0 Å². The molecule has 0 unspecified atom stereocenters. The second kappa shape index (κ2) is 5.70. The maximum atomic E-state index is 5.68. The number of hydrogen-bond acceptors (Lipinski definition) is 5. The van der Waals surface area contributed by atoms with Gasteiger partial charge in [0.1, 0.15) is 11.6 Å². The third kappa shape index (κ3) is 3.47. The van der Waals surface area contributed by atoms with Crippen LogP contribution in [0.5, 0.6) is 0 Å². The Hall–Kier alpha value is -1.52. The molecule has 2 rings (SSSR count). The number of nitrogens with one attached hydrogen (secondary N) is 2. The van der Waals surface area contributed by atoms with E-state index in [0.29, 0.717) is 5.95 Å². The number of aromatic nitrogens is 2. The molecule has 0 spiro atoms. The molecular weight excluding hydrogens is 214 g/mol. The van der Waals surface area contributed by atoms with Gasteiger partial charge in [-0.2, -0.15) is 9.97 Å². The molecule has 1 heterocycles. The molecule has 0 bridgehead atoms. The second-order valence-corrected chi connectivity index (χ2v) is 4.60. The van der Waals surface area contributed by atoms with Crippen molar-refractivity contribution in [1.29, 1.82) is 0 Å². The summed E-state index contributed by atoms with van der Waals surface area (Å²) in [6, 6.07) is 1.92. The van der Waals surface area contributed by atoms with Crippen LogP contribution in [0.3, 0.4) is 0 Å². The van der Waals surface area contributed by atoms with Gasteiger partial charge in [0.25, 0.3) is 0 Å². The van der Waals surface area contributed by atoms with Crippen LogP contribution in [0.15, 0.2) is 6.07 Å². The van der Waals surface area contributed by atoms with Gasteiger partial charge in [0.2, 0.25) is 5.95 Å². The van der Waals surface area contributed by atoms with Crippen molar-refractivity contribution < 1.29 is 0 Å². The Morgan fingerprint density at radius 2 is 2.00 bits per heavy atom. The Labute approximate surface area is 102 Å². The van der Waals surface area contributed by atoms with E-state index in [1.54, 1.807) is 0 Å². The molecule has 0 aliphatic heterocycles. The summed E-state index contributed by atoms with van der Waals surface area (Å²) in [6.07, 6.45) is 5.08. The van der Waals surface area contributed by atoms with Crippen LogP contribution in [-0.4, -0.2) is 23.1 Å². The van der Waals surface area contributed by atoms with Crippen LogP contribution in [0, 0.1) is 5.92 Å². The summed E-state index contributed by atoms with van der Waals surface area (Å²) in [6.45, 7) is 4.01. The van der Waals surface area contributed by atoms with Crippen LogP contribution < -0.4 is 16.4 Å². The maximum absolute atomic E-state index is 5.68. The summed E-state index contributed by atoms with van der Waals surface area (Å²) in [5, 5.41) is 6.55. The van der Waals surface area contributed by atoms with Gasteiger partial charge in [-0.3, -0.25) is 0 Å². The van der Waals surface area contributed by atoms with Crippen molar-refractivity contribution in [2.24, 2.45) is 5.92 Å². The van der Waals surface area contributed by atoms with Crippen molar-refractivity contribution in [3.8, 4) is 0 Å². The van der Waals surface area contributed by atoms with Crippen LogP contribution >= 0.6 is 0 Å². The first-order valence-corrected chi connectivity index (χ1v) is 6.40. The molecule has 0 aromatic carbocycles. The number of nitrogen functional groups attached to an aromatic ring is 1. The monoisotopic (exact) mass is 235 g/mol. The van der Waals surface area contributed by atoms with Crippen molar-refractivity contribution in [2.75, 3.05) is 29.5 Å². The minimum absolute atomic E-state index is 0.321. The van der Waals surface area contributed by atoms with E-state index in [4.69, 9.17) is 5.73 Å². The van der Waals surface area contributed by atoms with Gasteiger partial charge in [-0.25, -0.2) is 0 Å². The van der Waals surface area contributed by atoms with Gasteiger partial charge in [-0.15, -0.1) is 0 Å². The largest absolute Gasteiger partial charge is 0.370 e. The van der Waals surface area contributed by atoms with Crippen molar-refractivity contribution in [3.63, 3.8) is 0 Å². The molecule has 94 valence electrons. The molecule has 5 heteroatoms. The fourth-order valence-electron chi connectivity index (χ4n) is 1.85. The molecule has 1 saturated carbocycles. The predicted molar refractivity (Wildman–Crippen MR) is 71.1 cm³/mol. The highest BCUT2D eigenvalue weighted by molar-refractivity contribution is 5.50. The van der Waals surface area contributed by atoms with Crippen molar-refractivity contribution >= 4 is 17.6 Å². The molecular formula is C12H21N5. The summed E-state index contributed by atoms with van der Waals surface area (Å²) in [5.74, 6) is 2.75. The minimum Gasteiger partial charge on any atom is -0.370 e. The summed E-state index contributed by atoms with van der Waals surface area (Å²) in [5.41, 5.74) is 5.68. The Balaban J connectivity index is 1.92. The first-order valence-electron chi connectivity index (χ1n) is 6.40. The van der Waals surface area contributed by atoms with Gasteiger partial charge < -0.3 is 16.4 Å². The molecule has 0 amide bonds. The summed E-state index contributed by atoms with van der Waals surface area (Å²) < 4.78 is 0. The van der Waals surface area contributed by atoms with Crippen LogP contribution in [0.25, 0.3) is 0 Å². The third-order valence-corrected chi connectivity index (χ3v) is 3.10. The molecule has 1 fully saturated rings. The molecule has 0 atom stereocenters. The average molecular weight is 235 g/mol. The molecule has 0 saturated heterocycles. The summed E-state index contributed by atoms with van der Waals surface area (Å²) in [4.78, 5) is 8.34. The van der Waals surface area contributed by atoms with Gasteiger partial charge in [0.15, 0.2) is 0 Å². The Morgan fingerprint density at radius 1 is 1.29 bits per heavy atom. The summed E-state index contributed by atoms with van der Waals surface area (Å²) in [7, 11) is 0. The van der Waals surface area contributed by atoms with Crippen molar-refractivity contribution in [2.45, 2.75) is 32.6 Å². The van der Waals surface area contributed by atoms with E-state index in [2.05, 4.69) is 27.5 Å². The van der Waals surface area contributed by atoms with E-state index in [1.165, 1.54) is 19.3 Å². The molecule has 0 radical (unpaired) electrons. The van der Waals surface area contributed by atoms with Crippen molar-refractivity contribution in [3.05, 3.63) is 6.07 Å². The van der Waals surface area contributed by atoms with Gasteiger partial charge in [-0.1, -0.05) is 13.3 Å². The normalized spacial score (nSPS) is 15.4. The van der Waals surface area contributed by atoms with E-state index < -0.39 is 0 Å². The lowest BCUT2D eigenvalue weighted by molar-refractivity contribution is 0.333. The Kier molecular flexibility index (Phi) is 4.01. The zero-order valence-corrected chi connectivity index (χ0v) is 10.4. The highest BCUT2D eigenvalue weighted by atomic mass is 15.1. The van der Waals surface area contributed by atoms with Crippen LogP contribution in [0.1, 0.15) is 32.6 Å². The van der Waals surface area contributed by atoms with E-state index in [-0.39, 0.29) is 0 Å². The quantitative estimate of drug-likeness (QED) is 0.704. The number of anilines is 3. The number of rotatable bonds is 6. The van der Waals surface area contributed by atoms with Gasteiger partial charge in [-0.05, 0) is 25.2 Å². The zero-order valence-electron chi connectivity index (χ0n) is 10.4. The molecule has 1 aromatic heterocycles. The Bertz CT molecular complexity index is 362. The second-order valence-electron chi connectivity index (χ2n) is 4.60. The smallest absolute Gasteiger partial charge is 0.223 e. The fraction of sp³-hybridized carbons (Fsp3) is 0.667. The molecule has 17 heavy (non-hydrogen) atoms. The highest BCUT2D eigenvalue weighted by Crippen LogP contribution is 2.26. The van der Waals surface area contributed by atoms with E-state index in [0.717, 1.165) is 37.1 Å². The lowest BCUT2D eigenvalue weighted by Gasteiger charge is -2.25. The van der Waals surface area contributed by atoms with E-state index in [9.17, 15) is 0 Å². The SMILES string of the molecule is CCCNc1cc(NCC2CCC2)nc(N)n1. The number of nitrogens with zero attached hydrogens (tertiary/aromatic N) is 2. The molecule has 1 aliphatic rings. The van der Waals surface area contributed by atoms with E-state index in [1.807, 2.05) is 6.07 Å². The van der Waals surface area contributed by atoms with Crippen molar-refractivity contribution in [1.82, 2.24) is 9.97 Å². The number of nitrogens with two attached hydrogens (primary N) is 1. The minimum atomic E-state index is 0.321. The Morgan fingerprint density at radius 3 is 2.59 bits per heavy atom. The topological polar surface area (TPSA) is 75.9 Å². The average Bonchev–Trinajstić information content (AvgIpc) is 2.23. The number of hydrogen-bond donors (Lipinski definition) is 3. The maximum Gasteiger partial charge on any atom is 0.223 e. The van der Waals surface area contributed by atoms with Gasteiger partial charge in [0, 0.05) is 19.2 Å². The molecule has 1 aliphatic carbocycles. The van der Waals surface area contributed by atoms with E-state index >= 15 is 0 Å². The third-order valence-electron chi connectivity index (χ3n) is 3.10. The lowest BCUT2D eigenvalue weighted by atomic mass is 9.85. The molecule has 5 nitrogen and oxygen atoms in total. The molecule has 4 N–H and O–H groups in total. The molecule has 1 aromatic rings. The first-order chi connectivity index (χ1) is 8.28. The lowest BCUT2D eigenvalue weighted by Crippen LogP contribution is -2.21. The van der Waals surface area contributed by atoms with Crippen LogP contribution in [0.2, 0.25) is 0 Å². The fourth-order valence-corrected chi connectivity index (χ4v) is 1.85. The van der Waals surface area contributed by atoms with Gasteiger partial charge >= 0.3 is 0 Å². The van der Waals surface area contributed by atoms with Crippen LogP contribution in [-0.2, 0) is 0 Å². The first kappa shape index (κ1) is 12.0. The highest BCUT2D eigenvalue weighted by Gasteiger charge is 2.17. The standard InChI is InChI=1S/C12H21N5/c1-2-6-14-10-7-11(17-12(13)16-10)15-8-9-4-3-5-9/h7,9H,2-6,8H2,1H3,(H4,13,14,15,16,17). The zero-order chi connectivity index (χ0) is 12.1. The predicted octanol–water partition coefficient (Wildman–Crippen LogP) is 2.09. The summed E-state index contributed by atoms with van der Waals surface area (Å²) >= 11 is 0.